The molecule has 2 atom stereocenters. The second kappa shape index (κ2) is 22.3. The zero-order valence-corrected chi connectivity index (χ0v) is 27.0. The molecule has 1 N–H and O–H groups in total. The summed E-state index contributed by atoms with van der Waals surface area (Å²) in [5.74, 6) is -4.07. The van der Waals surface area contributed by atoms with Crippen molar-refractivity contribution in [2.45, 2.75) is 79.2 Å². The largest absolute Gasteiger partial charge is 0.481 e. The lowest BCUT2D eigenvalue weighted by Gasteiger charge is -2.30. The summed E-state index contributed by atoms with van der Waals surface area (Å²) in [6.45, 7) is -1.54. The number of esters is 2. The molecule has 0 saturated heterocycles. The van der Waals surface area contributed by atoms with Gasteiger partial charge in [-0.25, -0.2) is 0 Å². The maximum atomic E-state index is 13.0. The second-order valence-electron chi connectivity index (χ2n) is 11.5. The van der Waals surface area contributed by atoms with Crippen molar-refractivity contribution in [1.29, 1.82) is 0 Å². The number of rotatable bonds is 17. The van der Waals surface area contributed by atoms with Gasteiger partial charge in [-0.15, -0.1) is 0 Å². The Bertz CT molecular complexity index is 1320. The van der Waals surface area contributed by atoms with Crippen LogP contribution in [0.15, 0.2) is 91.0 Å². The summed E-state index contributed by atoms with van der Waals surface area (Å²) in [5.41, 5.74) is 1.98. The van der Waals surface area contributed by atoms with Crippen molar-refractivity contribution in [1.82, 2.24) is 4.90 Å². The Morgan fingerprint density at radius 3 is 1.55 bits per heavy atom. The average Bonchev–Trinajstić information content (AvgIpc) is 3.02. The Labute approximate surface area is 284 Å². The van der Waals surface area contributed by atoms with Crippen LogP contribution in [0.1, 0.15) is 51.3 Å². The van der Waals surface area contributed by atoms with Gasteiger partial charge in [-0.1, -0.05) is 98.4 Å². The van der Waals surface area contributed by atoms with E-state index in [9.17, 15) is 31.9 Å². The minimum Gasteiger partial charge on any atom is -0.481 e. The van der Waals surface area contributed by atoms with E-state index >= 15 is 0 Å². The van der Waals surface area contributed by atoms with Gasteiger partial charge in [-0.2, -0.15) is 17.6 Å². The van der Waals surface area contributed by atoms with Crippen LogP contribution < -0.4 is 0 Å². The molecule has 0 heterocycles. The average molecular weight is 696 g/mol. The van der Waals surface area contributed by atoms with Gasteiger partial charge in [0.2, 0.25) is 0 Å². The monoisotopic (exact) mass is 695 g/mol. The number of carbonyl (C=O) groups is 3. The number of halogens is 4. The highest BCUT2D eigenvalue weighted by Gasteiger charge is 2.30. The highest BCUT2D eigenvalue weighted by molar-refractivity contribution is 5.79. The van der Waals surface area contributed by atoms with Gasteiger partial charge in [0, 0.05) is 13.1 Å². The van der Waals surface area contributed by atoms with Crippen molar-refractivity contribution in [3.05, 3.63) is 108 Å². The number of benzene rings is 3. The predicted octanol–water partition coefficient (Wildman–Crippen LogP) is 7.33. The molecule has 0 radical (unpaired) electrons. The molecule has 3 aromatic carbocycles. The van der Waals surface area contributed by atoms with Gasteiger partial charge < -0.3 is 24.1 Å². The first-order valence-electron chi connectivity index (χ1n) is 15.0. The Hall–Kier alpha value is -4.33. The van der Waals surface area contributed by atoms with Crippen LogP contribution in [0, 0.1) is 5.92 Å². The van der Waals surface area contributed by atoms with Crippen molar-refractivity contribution in [3.8, 4) is 0 Å². The van der Waals surface area contributed by atoms with Crippen LogP contribution in [-0.2, 0) is 53.0 Å². The number of ether oxygens (including phenoxy) is 4. The lowest BCUT2D eigenvalue weighted by molar-refractivity contribution is -0.169. The van der Waals surface area contributed by atoms with Crippen molar-refractivity contribution in [2.24, 2.45) is 5.92 Å². The van der Waals surface area contributed by atoms with Crippen LogP contribution in [0.25, 0.3) is 0 Å². The molecule has 3 rings (SSSR count). The zero-order valence-electron chi connectivity index (χ0n) is 27.0. The molecule has 0 spiro atoms. The van der Waals surface area contributed by atoms with E-state index in [4.69, 9.17) is 14.6 Å². The molecule has 0 bridgehead atoms. The summed E-state index contributed by atoms with van der Waals surface area (Å²) in [6, 6.07) is 27.3. The van der Waals surface area contributed by atoms with Crippen LogP contribution in [-0.4, -0.2) is 66.0 Å². The zero-order chi connectivity index (χ0) is 35.5. The molecule has 0 fully saturated rings. The van der Waals surface area contributed by atoms with Crippen LogP contribution in [0.2, 0.25) is 0 Å². The number of alkyl halides is 4. The maximum Gasteiger partial charge on any atom is 0.345 e. The first-order chi connectivity index (χ1) is 22.7. The van der Waals surface area contributed by atoms with Gasteiger partial charge in [0.25, 0.3) is 0 Å². The topological polar surface area (TPSA) is 112 Å². The fourth-order valence-electron chi connectivity index (χ4n) is 4.21. The highest BCUT2D eigenvalue weighted by atomic mass is 19.3. The van der Waals surface area contributed by atoms with Crippen LogP contribution >= 0.6 is 0 Å². The fraction of sp³-hybridized carbons (Fsp3) is 0.417. The SMILES string of the molecule is C.CC(C)(C)OC(=O)C[C@@H](COC(F)F)C(=O)O.O=C(OCc1ccccc1)[C@H](COC(F)F)N(Cc1ccccc1)Cc1ccccc1. The number of hydrogen-bond acceptors (Lipinski definition) is 8. The molecule has 270 valence electrons. The third kappa shape index (κ3) is 18.7. The molecule has 0 amide bonds. The van der Waals surface area contributed by atoms with E-state index in [-0.39, 0.29) is 14.0 Å². The molecule has 0 saturated carbocycles. The van der Waals surface area contributed by atoms with E-state index in [1.807, 2.05) is 91.0 Å². The van der Waals surface area contributed by atoms with Crippen LogP contribution in [0.5, 0.6) is 0 Å². The number of carboxylic acids is 1. The van der Waals surface area contributed by atoms with Crippen molar-refractivity contribution in [3.63, 3.8) is 0 Å². The molecule has 13 heteroatoms. The summed E-state index contributed by atoms with van der Waals surface area (Å²) in [4.78, 5) is 36.7. The van der Waals surface area contributed by atoms with E-state index in [0.717, 1.165) is 16.7 Å². The molecule has 3 aromatic rings. The molecular formula is C36H45F4NO8. The van der Waals surface area contributed by atoms with E-state index < -0.39 is 68.3 Å². The van der Waals surface area contributed by atoms with Gasteiger partial charge in [0.1, 0.15) is 18.2 Å². The molecular weight excluding hydrogens is 650 g/mol. The van der Waals surface area contributed by atoms with E-state index in [1.165, 1.54) is 0 Å². The van der Waals surface area contributed by atoms with Crippen molar-refractivity contribution >= 4 is 17.9 Å². The molecule has 49 heavy (non-hydrogen) atoms. The van der Waals surface area contributed by atoms with E-state index in [2.05, 4.69) is 9.47 Å². The van der Waals surface area contributed by atoms with Crippen molar-refractivity contribution < 1.29 is 56.0 Å². The normalized spacial score (nSPS) is 12.4. The quantitative estimate of drug-likeness (QED) is 0.115. The smallest absolute Gasteiger partial charge is 0.345 e. The Morgan fingerprint density at radius 1 is 0.714 bits per heavy atom. The summed E-state index contributed by atoms with van der Waals surface area (Å²) >= 11 is 0. The van der Waals surface area contributed by atoms with Crippen molar-refractivity contribution in [2.75, 3.05) is 13.2 Å². The minimum atomic E-state index is -3.06. The minimum absolute atomic E-state index is 0. The van der Waals surface area contributed by atoms with Gasteiger partial charge >= 0.3 is 31.1 Å². The highest BCUT2D eigenvalue weighted by Crippen LogP contribution is 2.17. The second-order valence-corrected chi connectivity index (χ2v) is 11.5. The Kier molecular flexibility index (Phi) is 19.5. The third-order valence-electron chi connectivity index (χ3n) is 6.38. The lowest BCUT2D eigenvalue weighted by atomic mass is 10.1. The number of nitrogens with zero attached hydrogens (tertiary/aromatic N) is 1. The number of carbonyl (C=O) groups excluding carboxylic acids is 2. The summed E-state index contributed by atoms with van der Waals surface area (Å²) < 4.78 is 67.9. The van der Waals surface area contributed by atoms with Gasteiger partial charge in [0.05, 0.1) is 25.6 Å². The molecule has 9 nitrogen and oxygen atoms in total. The summed E-state index contributed by atoms with van der Waals surface area (Å²) in [6.07, 6.45) is -0.501. The molecule has 0 aromatic heterocycles. The number of hydrogen-bond donors (Lipinski definition) is 1. The van der Waals surface area contributed by atoms with Gasteiger partial charge in [0.15, 0.2) is 0 Å². The fourth-order valence-corrected chi connectivity index (χ4v) is 4.21. The standard InChI is InChI=1S/C25H25F2NO3.C10H16F2O5.CH4/c26-25(27)31-19-23(24(29)30-18-22-14-8-3-9-15-22)28(16-20-10-4-1-5-11-20)17-21-12-6-2-7-13-21;1-10(2,3)17-7(13)4-6(8(14)15)5-16-9(11)12;/h1-15,23,25H,16-19H2;6,9H,4-5H2,1-3H3,(H,14,15);1H4/t23-;6-;/m00./s1. The molecule has 0 unspecified atom stereocenters. The first kappa shape index (κ1) is 42.7. The molecule has 0 aliphatic rings. The molecule has 0 aliphatic carbocycles. The maximum absolute atomic E-state index is 13.0. The van der Waals surface area contributed by atoms with Crippen LogP contribution in [0.3, 0.4) is 0 Å². The predicted molar refractivity (Wildman–Crippen MR) is 174 cm³/mol. The van der Waals surface area contributed by atoms with E-state index in [1.54, 1.807) is 25.7 Å². The number of aliphatic carboxylic acids is 1. The van der Waals surface area contributed by atoms with E-state index in [0.29, 0.717) is 13.1 Å². The Balaban J connectivity index is 0.000000572. The lowest BCUT2D eigenvalue weighted by Crippen LogP contribution is -2.45. The Morgan fingerprint density at radius 2 is 1.14 bits per heavy atom. The van der Waals surface area contributed by atoms with Crippen LogP contribution in [0.4, 0.5) is 17.6 Å². The summed E-state index contributed by atoms with van der Waals surface area (Å²) in [7, 11) is 0. The third-order valence-corrected chi connectivity index (χ3v) is 6.38. The van der Waals surface area contributed by atoms with Gasteiger partial charge in [-0.3, -0.25) is 19.3 Å². The molecule has 0 aliphatic heterocycles. The summed E-state index contributed by atoms with van der Waals surface area (Å²) in [5, 5.41) is 8.70. The first-order valence-corrected chi connectivity index (χ1v) is 15.0. The number of carboxylic acid groups (broad SMARTS) is 1. The van der Waals surface area contributed by atoms with Gasteiger partial charge in [-0.05, 0) is 37.5 Å².